The molecule has 3 fully saturated rings. The number of amides is 1. The zero-order valence-corrected chi connectivity index (χ0v) is 10.5. The van der Waals surface area contributed by atoms with Crippen LogP contribution >= 0.6 is 12.4 Å². The molecule has 1 aliphatic carbocycles. The summed E-state index contributed by atoms with van der Waals surface area (Å²) >= 11 is 0. The van der Waals surface area contributed by atoms with Gasteiger partial charge in [-0.15, -0.1) is 12.4 Å². The van der Waals surface area contributed by atoms with Crippen LogP contribution in [-0.4, -0.2) is 36.5 Å². The molecule has 2 saturated heterocycles. The summed E-state index contributed by atoms with van der Waals surface area (Å²) in [5.41, 5.74) is 0.425. The molecular formula is C12H21ClN2O. The van der Waals surface area contributed by atoms with Gasteiger partial charge in [-0.1, -0.05) is 0 Å². The standard InChI is InChI=1S/C12H20N2O.ClH/c15-11-4-6-12(5-1-7-13-8-12)9-14(11)10-2-3-10;/h10,13H,1-9H2;1H. The molecule has 0 radical (unpaired) electrons. The van der Waals surface area contributed by atoms with Crippen LogP contribution in [-0.2, 0) is 4.79 Å². The number of nitrogens with zero attached hydrogens (tertiary/aromatic N) is 1. The number of carbonyl (C=O) groups excluding carboxylic acids is 1. The Morgan fingerprint density at radius 3 is 2.75 bits per heavy atom. The number of hydrogen-bond acceptors (Lipinski definition) is 2. The number of likely N-dealkylation sites (tertiary alicyclic amines) is 1. The summed E-state index contributed by atoms with van der Waals surface area (Å²) in [7, 11) is 0. The summed E-state index contributed by atoms with van der Waals surface area (Å²) < 4.78 is 0. The molecule has 0 aromatic rings. The van der Waals surface area contributed by atoms with E-state index in [-0.39, 0.29) is 12.4 Å². The van der Waals surface area contributed by atoms with Crippen molar-refractivity contribution in [3.63, 3.8) is 0 Å². The van der Waals surface area contributed by atoms with E-state index >= 15 is 0 Å². The highest BCUT2D eigenvalue weighted by molar-refractivity contribution is 5.85. The summed E-state index contributed by atoms with van der Waals surface area (Å²) in [4.78, 5) is 14.0. The van der Waals surface area contributed by atoms with Crippen LogP contribution in [0.3, 0.4) is 0 Å². The number of halogens is 1. The van der Waals surface area contributed by atoms with E-state index in [4.69, 9.17) is 0 Å². The van der Waals surface area contributed by atoms with Gasteiger partial charge in [-0.05, 0) is 38.6 Å². The Morgan fingerprint density at radius 1 is 1.31 bits per heavy atom. The zero-order chi connectivity index (χ0) is 10.3. The minimum Gasteiger partial charge on any atom is -0.339 e. The summed E-state index contributed by atoms with van der Waals surface area (Å²) in [5.74, 6) is 0.411. The van der Waals surface area contributed by atoms with Crippen LogP contribution in [0.2, 0.25) is 0 Å². The van der Waals surface area contributed by atoms with Crippen molar-refractivity contribution in [3.8, 4) is 0 Å². The molecule has 2 heterocycles. The van der Waals surface area contributed by atoms with Gasteiger partial charge in [0.15, 0.2) is 0 Å². The lowest BCUT2D eigenvalue weighted by Gasteiger charge is -2.45. The number of piperidine rings is 2. The quantitative estimate of drug-likeness (QED) is 0.760. The maximum absolute atomic E-state index is 11.8. The molecule has 2 aliphatic heterocycles. The summed E-state index contributed by atoms with van der Waals surface area (Å²) in [6, 6.07) is 0.608. The molecule has 3 rings (SSSR count). The first kappa shape index (κ1) is 12.2. The van der Waals surface area contributed by atoms with Crippen molar-refractivity contribution in [2.45, 2.75) is 44.6 Å². The molecule has 3 aliphatic rings. The van der Waals surface area contributed by atoms with Gasteiger partial charge in [0, 0.05) is 31.0 Å². The number of rotatable bonds is 1. The van der Waals surface area contributed by atoms with Crippen molar-refractivity contribution in [2.75, 3.05) is 19.6 Å². The van der Waals surface area contributed by atoms with Crippen LogP contribution < -0.4 is 5.32 Å². The normalized spacial score (nSPS) is 35.0. The van der Waals surface area contributed by atoms with Gasteiger partial charge in [0.05, 0.1) is 0 Å². The first-order chi connectivity index (χ1) is 7.29. The third-order valence-corrected chi connectivity index (χ3v) is 4.24. The first-order valence-corrected chi connectivity index (χ1v) is 6.29. The third-order valence-electron chi connectivity index (χ3n) is 4.24. The Morgan fingerprint density at radius 2 is 2.12 bits per heavy atom. The molecule has 1 saturated carbocycles. The second kappa shape index (κ2) is 4.53. The Bertz CT molecular complexity index is 272. The van der Waals surface area contributed by atoms with Gasteiger partial charge in [0.2, 0.25) is 5.91 Å². The summed E-state index contributed by atoms with van der Waals surface area (Å²) in [5, 5.41) is 3.50. The Hall–Kier alpha value is -0.280. The predicted octanol–water partition coefficient (Wildman–Crippen LogP) is 1.56. The average molecular weight is 245 g/mol. The van der Waals surface area contributed by atoms with Crippen LogP contribution in [0.25, 0.3) is 0 Å². The molecule has 1 N–H and O–H groups in total. The summed E-state index contributed by atoms with van der Waals surface area (Å²) in [6.45, 7) is 3.33. The van der Waals surface area contributed by atoms with E-state index in [1.807, 2.05) is 0 Å². The van der Waals surface area contributed by atoms with Gasteiger partial charge in [0.1, 0.15) is 0 Å². The first-order valence-electron chi connectivity index (χ1n) is 6.29. The van der Waals surface area contributed by atoms with E-state index in [2.05, 4.69) is 10.2 Å². The Balaban J connectivity index is 0.000000963. The summed E-state index contributed by atoms with van der Waals surface area (Å²) in [6.07, 6.45) is 6.99. The molecule has 1 unspecified atom stereocenters. The fourth-order valence-electron chi connectivity index (χ4n) is 3.14. The second-order valence-electron chi connectivity index (χ2n) is 5.53. The van der Waals surface area contributed by atoms with Crippen LogP contribution in [0.15, 0.2) is 0 Å². The molecule has 92 valence electrons. The lowest BCUT2D eigenvalue weighted by Crippen LogP contribution is -2.53. The van der Waals surface area contributed by atoms with Crippen molar-refractivity contribution >= 4 is 18.3 Å². The van der Waals surface area contributed by atoms with E-state index in [9.17, 15) is 4.79 Å². The monoisotopic (exact) mass is 244 g/mol. The molecule has 0 aromatic heterocycles. The fraction of sp³-hybridized carbons (Fsp3) is 0.917. The largest absolute Gasteiger partial charge is 0.339 e. The molecular weight excluding hydrogens is 224 g/mol. The van der Waals surface area contributed by atoms with E-state index < -0.39 is 0 Å². The number of nitrogens with one attached hydrogen (secondary N) is 1. The SMILES string of the molecule is Cl.O=C1CCC2(CCCNC2)CN1C1CC1. The Kier molecular flexibility index (Phi) is 3.45. The molecule has 4 heteroatoms. The van der Waals surface area contributed by atoms with Gasteiger partial charge >= 0.3 is 0 Å². The van der Waals surface area contributed by atoms with Gasteiger partial charge in [-0.25, -0.2) is 0 Å². The smallest absolute Gasteiger partial charge is 0.222 e. The maximum atomic E-state index is 11.8. The molecule has 1 atom stereocenters. The van der Waals surface area contributed by atoms with E-state index in [1.165, 1.54) is 32.2 Å². The van der Waals surface area contributed by atoms with Crippen molar-refractivity contribution < 1.29 is 4.79 Å². The second-order valence-corrected chi connectivity index (χ2v) is 5.53. The average Bonchev–Trinajstić information content (AvgIpc) is 3.07. The van der Waals surface area contributed by atoms with Gasteiger partial charge in [-0.2, -0.15) is 0 Å². The molecule has 0 aromatic carbocycles. The van der Waals surface area contributed by atoms with Crippen LogP contribution in [0.5, 0.6) is 0 Å². The van der Waals surface area contributed by atoms with Gasteiger partial charge in [-0.3, -0.25) is 4.79 Å². The molecule has 16 heavy (non-hydrogen) atoms. The van der Waals surface area contributed by atoms with E-state index in [0.29, 0.717) is 17.4 Å². The topological polar surface area (TPSA) is 32.3 Å². The lowest BCUT2D eigenvalue weighted by atomic mass is 9.74. The van der Waals surface area contributed by atoms with E-state index in [0.717, 1.165) is 25.9 Å². The molecule has 1 amide bonds. The minimum atomic E-state index is 0. The number of hydrogen-bond donors (Lipinski definition) is 1. The van der Waals surface area contributed by atoms with Crippen molar-refractivity contribution in [3.05, 3.63) is 0 Å². The maximum Gasteiger partial charge on any atom is 0.222 e. The molecule has 1 spiro atoms. The van der Waals surface area contributed by atoms with Gasteiger partial charge in [0.25, 0.3) is 0 Å². The van der Waals surface area contributed by atoms with E-state index in [1.54, 1.807) is 0 Å². The van der Waals surface area contributed by atoms with Crippen molar-refractivity contribution in [1.82, 2.24) is 10.2 Å². The predicted molar refractivity (Wildman–Crippen MR) is 65.8 cm³/mol. The van der Waals surface area contributed by atoms with Crippen LogP contribution in [0, 0.1) is 5.41 Å². The fourth-order valence-corrected chi connectivity index (χ4v) is 3.14. The molecule has 0 bridgehead atoms. The highest BCUT2D eigenvalue weighted by Crippen LogP contribution is 2.40. The van der Waals surface area contributed by atoms with Crippen molar-refractivity contribution in [1.29, 1.82) is 0 Å². The highest BCUT2D eigenvalue weighted by atomic mass is 35.5. The lowest BCUT2D eigenvalue weighted by molar-refractivity contribution is -0.138. The van der Waals surface area contributed by atoms with Gasteiger partial charge < -0.3 is 10.2 Å². The number of carbonyl (C=O) groups is 1. The minimum absolute atomic E-state index is 0. The highest BCUT2D eigenvalue weighted by Gasteiger charge is 2.44. The third kappa shape index (κ3) is 2.21. The van der Waals surface area contributed by atoms with Crippen LogP contribution in [0.1, 0.15) is 38.5 Å². The Labute approximate surface area is 103 Å². The molecule has 3 nitrogen and oxygen atoms in total. The van der Waals surface area contributed by atoms with Crippen LogP contribution in [0.4, 0.5) is 0 Å². The van der Waals surface area contributed by atoms with Crippen molar-refractivity contribution in [2.24, 2.45) is 5.41 Å². The zero-order valence-electron chi connectivity index (χ0n) is 9.71.